The number of benzene rings is 1. The molecule has 6 heteroatoms. The van der Waals surface area contributed by atoms with E-state index in [2.05, 4.69) is 29.3 Å². The molecule has 4 rings (SSSR count). The van der Waals surface area contributed by atoms with Gasteiger partial charge in [0.1, 0.15) is 0 Å². The Bertz CT molecular complexity index is 961. The van der Waals surface area contributed by atoms with Crippen molar-refractivity contribution in [3.63, 3.8) is 0 Å². The molecule has 1 saturated heterocycles. The fourth-order valence-electron chi connectivity index (χ4n) is 4.62. The smallest absolute Gasteiger partial charge is 0.254 e. The molecule has 0 atom stereocenters. The summed E-state index contributed by atoms with van der Waals surface area (Å²) in [5.74, 6) is 0.173. The van der Waals surface area contributed by atoms with Gasteiger partial charge in [0.05, 0.1) is 17.6 Å². The molecule has 1 aromatic carbocycles. The molecular formula is C24H32N4O2. The number of nitrogens with zero attached hydrogens (tertiary/aromatic N) is 3. The average Bonchev–Trinajstić information content (AvgIpc) is 2.71. The van der Waals surface area contributed by atoms with Crippen molar-refractivity contribution < 1.29 is 9.59 Å². The summed E-state index contributed by atoms with van der Waals surface area (Å²) < 4.78 is 0. The van der Waals surface area contributed by atoms with Crippen LogP contribution in [0.1, 0.15) is 53.9 Å². The summed E-state index contributed by atoms with van der Waals surface area (Å²) >= 11 is 0. The normalized spacial score (nSPS) is 17.3. The Hall–Kier alpha value is -2.47. The van der Waals surface area contributed by atoms with Gasteiger partial charge in [-0.2, -0.15) is 0 Å². The number of amides is 2. The van der Waals surface area contributed by atoms with E-state index in [-0.39, 0.29) is 17.9 Å². The van der Waals surface area contributed by atoms with Crippen LogP contribution in [0.15, 0.2) is 18.2 Å². The summed E-state index contributed by atoms with van der Waals surface area (Å²) in [6, 6.07) is 6.37. The maximum absolute atomic E-state index is 13.7. The zero-order valence-electron chi connectivity index (χ0n) is 18.3. The van der Waals surface area contributed by atoms with Crippen molar-refractivity contribution >= 4 is 22.7 Å². The summed E-state index contributed by atoms with van der Waals surface area (Å²) in [4.78, 5) is 34.7. The Kier molecular flexibility index (Phi) is 6.04. The molecule has 1 aliphatic heterocycles. The van der Waals surface area contributed by atoms with E-state index in [0.717, 1.165) is 72.1 Å². The van der Waals surface area contributed by atoms with E-state index in [1.807, 2.05) is 24.8 Å². The van der Waals surface area contributed by atoms with E-state index in [0.29, 0.717) is 19.6 Å². The van der Waals surface area contributed by atoms with Crippen molar-refractivity contribution in [3.8, 4) is 0 Å². The fourth-order valence-corrected chi connectivity index (χ4v) is 4.62. The molecule has 160 valence electrons. The molecule has 2 aromatic rings. The highest BCUT2D eigenvalue weighted by Crippen LogP contribution is 2.31. The molecule has 6 nitrogen and oxygen atoms in total. The number of piperazine rings is 1. The van der Waals surface area contributed by atoms with E-state index >= 15 is 0 Å². The van der Waals surface area contributed by atoms with Crippen LogP contribution in [0.4, 0.5) is 0 Å². The minimum absolute atomic E-state index is 0.0504. The number of hydrogen-bond acceptors (Lipinski definition) is 4. The van der Waals surface area contributed by atoms with Crippen molar-refractivity contribution in [3.05, 3.63) is 40.6 Å². The fraction of sp³-hybridized carbons (Fsp3) is 0.542. The number of aryl methyl sites for hydroxylation is 2. The lowest BCUT2D eigenvalue weighted by Gasteiger charge is -2.35. The molecule has 0 spiro atoms. The van der Waals surface area contributed by atoms with Crippen LogP contribution in [0.2, 0.25) is 0 Å². The van der Waals surface area contributed by atoms with Crippen molar-refractivity contribution in [1.82, 2.24) is 20.1 Å². The van der Waals surface area contributed by atoms with Gasteiger partial charge >= 0.3 is 0 Å². The molecule has 0 radical (unpaired) electrons. The molecule has 2 heterocycles. The number of fused-ring (bicyclic) bond motifs is 2. The molecule has 1 aliphatic carbocycles. The van der Waals surface area contributed by atoms with Gasteiger partial charge in [-0.25, -0.2) is 0 Å². The van der Waals surface area contributed by atoms with Crippen LogP contribution in [-0.2, 0) is 17.6 Å². The first-order valence-corrected chi connectivity index (χ1v) is 11.2. The standard InChI is InChI=1S/C24H32N4O2/c1-16(2)25-22(29)15-27-10-12-28(13-11-27)24(30)23-18-6-4-5-7-20(18)26-21-9-8-17(3)14-19(21)23/h8-9,14,16H,4-7,10-13,15H2,1-3H3,(H,25,29). The van der Waals surface area contributed by atoms with Crippen LogP contribution < -0.4 is 5.32 Å². The van der Waals surface area contributed by atoms with Crippen LogP contribution in [0.25, 0.3) is 10.9 Å². The van der Waals surface area contributed by atoms with Gasteiger partial charge in [-0.1, -0.05) is 11.6 Å². The zero-order valence-corrected chi connectivity index (χ0v) is 18.3. The van der Waals surface area contributed by atoms with E-state index in [9.17, 15) is 9.59 Å². The van der Waals surface area contributed by atoms with Crippen molar-refractivity contribution in [1.29, 1.82) is 0 Å². The number of aromatic nitrogens is 1. The average molecular weight is 409 g/mol. The topological polar surface area (TPSA) is 65.5 Å². The Morgan fingerprint density at radius 3 is 2.57 bits per heavy atom. The van der Waals surface area contributed by atoms with Gasteiger partial charge in [-0.3, -0.25) is 19.5 Å². The monoisotopic (exact) mass is 408 g/mol. The van der Waals surface area contributed by atoms with Gasteiger partial charge in [0.25, 0.3) is 5.91 Å². The number of pyridine rings is 1. The SMILES string of the molecule is Cc1ccc2nc3c(c(C(=O)N4CCN(CC(=O)NC(C)C)CC4)c2c1)CCCC3. The van der Waals surface area contributed by atoms with Crippen LogP contribution in [0, 0.1) is 6.92 Å². The van der Waals surface area contributed by atoms with Gasteiger partial charge in [0.2, 0.25) is 5.91 Å². The van der Waals surface area contributed by atoms with Crippen LogP contribution in [0.3, 0.4) is 0 Å². The molecule has 1 fully saturated rings. The van der Waals surface area contributed by atoms with Gasteiger partial charge in [0, 0.05) is 43.3 Å². The first-order valence-electron chi connectivity index (χ1n) is 11.2. The van der Waals surface area contributed by atoms with Gasteiger partial charge < -0.3 is 10.2 Å². The van der Waals surface area contributed by atoms with Crippen molar-refractivity contribution in [2.75, 3.05) is 32.7 Å². The van der Waals surface area contributed by atoms with Crippen LogP contribution >= 0.6 is 0 Å². The Labute approximate surface area is 178 Å². The summed E-state index contributed by atoms with van der Waals surface area (Å²) in [5.41, 5.74) is 5.20. The van der Waals surface area contributed by atoms with E-state index in [1.165, 1.54) is 0 Å². The Morgan fingerprint density at radius 1 is 1.10 bits per heavy atom. The van der Waals surface area contributed by atoms with Gasteiger partial charge in [-0.05, 0) is 64.2 Å². The zero-order chi connectivity index (χ0) is 21.3. The third kappa shape index (κ3) is 4.33. The predicted octanol–water partition coefficient (Wildman–Crippen LogP) is 2.70. The highest BCUT2D eigenvalue weighted by atomic mass is 16.2. The Balaban J connectivity index is 1.55. The molecule has 1 N–H and O–H groups in total. The maximum atomic E-state index is 13.7. The van der Waals surface area contributed by atoms with Crippen LogP contribution in [-0.4, -0.2) is 65.4 Å². The summed E-state index contributed by atoms with van der Waals surface area (Å²) in [6.07, 6.45) is 4.15. The third-order valence-electron chi connectivity index (χ3n) is 6.11. The lowest BCUT2D eigenvalue weighted by Crippen LogP contribution is -2.51. The van der Waals surface area contributed by atoms with Crippen molar-refractivity contribution in [2.24, 2.45) is 0 Å². The van der Waals surface area contributed by atoms with Gasteiger partial charge in [0.15, 0.2) is 0 Å². The second kappa shape index (κ2) is 8.72. The third-order valence-corrected chi connectivity index (χ3v) is 6.11. The number of nitrogens with one attached hydrogen (secondary N) is 1. The second-order valence-electron chi connectivity index (χ2n) is 8.93. The lowest BCUT2D eigenvalue weighted by molar-refractivity contribution is -0.123. The summed E-state index contributed by atoms with van der Waals surface area (Å²) in [7, 11) is 0. The maximum Gasteiger partial charge on any atom is 0.254 e. The van der Waals surface area contributed by atoms with Crippen molar-refractivity contribution in [2.45, 2.75) is 52.5 Å². The first-order chi connectivity index (χ1) is 14.4. The number of carbonyl (C=O) groups excluding carboxylic acids is 2. The summed E-state index contributed by atoms with van der Waals surface area (Å²) in [5, 5.41) is 3.93. The highest BCUT2D eigenvalue weighted by molar-refractivity contribution is 6.08. The predicted molar refractivity (Wildman–Crippen MR) is 119 cm³/mol. The lowest BCUT2D eigenvalue weighted by atomic mass is 9.89. The molecule has 30 heavy (non-hydrogen) atoms. The second-order valence-corrected chi connectivity index (χ2v) is 8.93. The van der Waals surface area contributed by atoms with E-state index in [1.54, 1.807) is 0 Å². The summed E-state index contributed by atoms with van der Waals surface area (Å²) in [6.45, 7) is 9.15. The Morgan fingerprint density at radius 2 is 1.83 bits per heavy atom. The molecule has 2 aliphatic rings. The molecule has 0 saturated carbocycles. The van der Waals surface area contributed by atoms with E-state index < -0.39 is 0 Å². The number of carbonyl (C=O) groups is 2. The van der Waals surface area contributed by atoms with Crippen LogP contribution in [0.5, 0.6) is 0 Å². The quantitative estimate of drug-likeness (QED) is 0.845. The number of rotatable bonds is 4. The van der Waals surface area contributed by atoms with E-state index in [4.69, 9.17) is 4.98 Å². The highest BCUT2D eigenvalue weighted by Gasteiger charge is 2.28. The first kappa shape index (κ1) is 20.8. The molecule has 0 bridgehead atoms. The largest absolute Gasteiger partial charge is 0.353 e. The molecule has 1 aromatic heterocycles. The number of hydrogen-bond donors (Lipinski definition) is 1. The minimum atomic E-state index is 0.0504. The molecular weight excluding hydrogens is 376 g/mol. The van der Waals surface area contributed by atoms with Gasteiger partial charge in [-0.15, -0.1) is 0 Å². The molecule has 2 amide bonds. The minimum Gasteiger partial charge on any atom is -0.353 e. The molecule has 0 unspecified atom stereocenters.